The van der Waals surface area contributed by atoms with Crippen molar-refractivity contribution in [2.24, 2.45) is 5.41 Å². The first-order valence-electron chi connectivity index (χ1n) is 7.76. The van der Waals surface area contributed by atoms with Crippen LogP contribution in [0.5, 0.6) is 5.75 Å². The molecular formula is C17H24N2O2. The molecule has 1 aliphatic carbocycles. The fraction of sp³-hybridized carbons (Fsp3) is 0.588. The number of rotatable bonds is 3. The quantitative estimate of drug-likeness (QED) is 0.897. The molecule has 0 spiro atoms. The molecule has 2 N–H and O–H groups in total. The fourth-order valence-corrected chi connectivity index (χ4v) is 3.40. The van der Waals surface area contributed by atoms with Crippen molar-refractivity contribution in [1.29, 1.82) is 0 Å². The molecule has 1 saturated carbocycles. The summed E-state index contributed by atoms with van der Waals surface area (Å²) >= 11 is 0. The van der Waals surface area contributed by atoms with Crippen LogP contribution in [-0.2, 0) is 4.79 Å². The summed E-state index contributed by atoms with van der Waals surface area (Å²) < 4.78 is 5.40. The van der Waals surface area contributed by atoms with Gasteiger partial charge in [-0.15, -0.1) is 0 Å². The average molecular weight is 288 g/mol. The molecule has 3 rings (SSSR count). The van der Waals surface area contributed by atoms with Crippen molar-refractivity contribution in [1.82, 2.24) is 5.32 Å². The van der Waals surface area contributed by atoms with Crippen LogP contribution in [0.15, 0.2) is 18.2 Å². The Labute approximate surface area is 126 Å². The van der Waals surface area contributed by atoms with E-state index in [1.807, 2.05) is 12.1 Å². The number of hydrogen-bond donors (Lipinski definition) is 2. The normalized spacial score (nSPS) is 24.9. The summed E-state index contributed by atoms with van der Waals surface area (Å²) in [6.07, 6.45) is 3.75. The number of carbonyl (C=O) groups excluding carboxylic acids is 1. The summed E-state index contributed by atoms with van der Waals surface area (Å²) in [5.41, 5.74) is 2.42. The summed E-state index contributed by atoms with van der Waals surface area (Å²) in [5, 5.41) is 6.59. The van der Waals surface area contributed by atoms with Crippen molar-refractivity contribution in [3.63, 3.8) is 0 Å². The minimum absolute atomic E-state index is 0.0854. The molecule has 1 aromatic rings. The highest BCUT2D eigenvalue weighted by Crippen LogP contribution is 2.38. The number of carbonyl (C=O) groups is 1. The lowest BCUT2D eigenvalue weighted by Gasteiger charge is -2.24. The summed E-state index contributed by atoms with van der Waals surface area (Å²) in [5.74, 6) is 0.672. The molecule has 114 valence electrons. The van der Waals surface area contributed by atoms with Crippen molar-refractivity contribution in [2.45, 2.75) is 52.1 Å². The molecule has 4 heteroatoms. The lowest BCUT2D eigenvalue weighted by atomic mass is 9.91. The minimum Gasteiger partial charge on any atom is -0.482 e. The van der Waals surface area contributed by atoms with Crippen LogP contribution in [0.4, 0.5) is 5.69 Å². The summed E-state index contributed by atoms with van der Waals surface area (Å²) in [7, 11) is 0. The van der Waals surface area contributed by atoms with Crippen LogP contribution < -0.4 is 15.4 Å². The number of anilines is 1. The first-order valence-corrected chi connectivity index (χ1v) is 7.76. The molecule has 1 heterocycles. The Morgan fingerprint density at radius 2 is 2.24 bits per heavy atom. The van der Waals surface area contributed by atoms with Crippen LogP contribution in [0, 0.1) is 5.41 Å². The van der Waals surface area contributed by atoms with E-state index in [9.17, 15) is 4.79 Å². The highest BCUT2D eigenvalue weighted by Gasteiger charge is 2.31. The van der Waals surface area contributed by atoms with Gasteiger partial charge >= 0.3 is 0 Å². The van der Waals surface area contributed by atoms with E-state index < -0.39 is 0 Å². The van der Waals surface area contributed by atoms with Gasteiger partial charge in [0.1, 0.15) is 5.75 Å². The van der Waals surface area contributed by atoms with Gasteiger partial charge in [0.15, 0.2) is 6.61 Å². The van der Waals surface area contributed by atoms with Crippen LogP contribution in [0.3, 0.4) is 0 Å². The molecular weight excluding hydrogens is 264 g/mol. The summed E-state index contributed by atoms with van der Waals surface area (Å²) in [6, 6.07) is 6.89. The molecule has 0 saturated heterocycles. The van der Waals surface area contributed by atoms with Crippen LogP contribution >= 0.6 is 0 Å². The van der Waals surface area contributed by atoms with Gasteiger partial charge in [0.05, 0.1) is 5.69 Å². The van der Waals surface area contributed by atoms with Gasteiger partial charge in [0.2, 0.25) is 0 Å². The van der Waals surface area contributed by atoms with E-state index in [1.165, 1.54) is 24.8 Å². The number of fused-ring (bicyclic) bond motifs is 1. The Hall–Kier alpha value is -1.55. The summed E-state index contributed by atoms with van der Waals surface area (Å²) in [6.45, 7) is 6.96. The van der Waals surface area contributed by atoms with Crippen molar-refractivity contribution >= 4 is 11.6 Å². The number of ether oxygens (including phenoxy) is 1. The molecule has 0 aromatic heterocycles. The zero-order chi connectivity index (χ0) is 15.0. The Kier molecular flexibility index (Phi) is 3.66. The lowest BCUT2D eigenvalue weighted by molar-refractivity contribution is -0.118. The maximum atomic E-state index is 11.4. The van der Waals surface area contributed by atoms with Gasteiger partial charge < -0.3 is 15.4 Å². The largest absolute Gasteiger partial charge is 0.482 e. The van der Waals surface area contributed by atoms with E-state index in [1.54, 1.807) is 0 Å². The van der Waals surface area contributed by atoms with E-state index in [2.05, 4.69) is 37.5 Å². The zero-order valence-electron chi connectivity index (χ0n) is 13.0. The number of benzene rings is 1. The van der Waals surface area contributed by atoms with Crippen LogP contribution in [0.2, 0.25) is 0 Å². The first kappa shape index (κ1) is 14.4. The molecule has 0 bridgehead atoms. The monoisotopic (exact) mass is 288 g/mol. The van der Waals surface area contributed by atoms with E-state index in [4.69, 9.17) is 4.74 Å². The summed E-state index contributed by atoms with van der Waals surface area (Å²) in [4.78, 5) is 11.4. The van der Waals surface area contributed by atoms with Gasteiger partial charge in [-0.3, -0.25) is 4.79 Å². The highest BCUT2D eigenvalue weighted by atomic mass is 16.5. The molecule has 1 amide bonds. The van der Waals surface area contributed by atoms with Crippen molar-refractivity contribution in [3.05, 3.63) is 23.8 Å². The molecule has 1 aliphatic heterocycles. The van der Waals surface area contributed by atoms with Gasteiger partial charge in [-0.25, -0.2) is 0 Å². The van der Waals surface area contributed by atoms with E-state index in [0.717, 1.165) is 11.4 Å². The molecule has 21 heavy (non-hydrogen) atoms. The number of amides is 1. The maximum Gasteiger partial charge on any atom is 0.262 e. The fourth-order valence-electron chi connectivity index (χ4n) is 3.40. The van der Waals surface area contributed by atoms with Crippen LogP contribution in [-0.4, -0.2) is 18.6 Å². The second-order valence-corrected chi connectivity index (χ2v) is 7.08. The Bertz CT molecular complexity index is 554. The topological polar surface area (TPSA) is 50.4 Å². The second-order valence-electron chi connectivity index (χ2n) is 7.08. The average Bonchev–Trinajstić information content (AvgIpc) is 2.77. The van der Waals surface area contributed by atoms with Crippen molar-refractivity contribution in [3.8, 4) is 5.75 Å². The second kappa shape index (κ2) is 5.34. The third-order valence-electron chi connectivity index (χ3n) is 4.59. The standard InChI is InChI=1S/C17H24N2O2/c1-11(18-13-6-7-17(2,3)9-13)12-4-5-15-14(8-12)19-16(20)10-21-15/h4-5,8,11,13,18H,6-7,9-10H2,1-3H3,(H,19,20). The van der Waals surface area contributed by atoms with Crippen LogP contribution in [0.25, 0.3) is 0 Å². The van der Waals surface area contributed by atoms with Gasteiger partial charge in [-0.2, -0.15) is 0 Å². The van der Waals surface area contributed by atoms with E-state index in [0.29, 0.717) is 11.5 Å². The molecule has 2 atom stereocenters. The zero-order valence-corrected chi connectivity index (χ0v) is 13.0. The van der Waals surface area contributed by atoms with Gasteiger partial charge in [0, 0.05) is 12.1 Å². The van der Waals surface area contributed by atoms with Gasteiger partial charge in [-0.1, -0.05) is 19.9 Å². The van der Waals surface area contributed by atoms with Gasteiger partial charge in [0.25, 0.3) is 5.91 Å². The molecule has 1 fully saturated rings. The Balaban J connectivity index is 1.69. The predicted octanol–water partition coefficient (Wildman–Crippen LogP) is 3.25. The lowest BCUT2D eigenvalue weighted by Crippen LogP contribution is -2.30. The Morgan fingerprint density at radius 3 is 2.95 bits per heavy atom. The highest BCUT2D eigenvalue weighted by molar-refractivity contribution is 5.95. The molecule has 1 aromatic carbocycles. The molecule has 2 aliphatic rings. The number of hydrogen-bond acceptors (Lipinski definition) is 3. The SMILES string of the molecule is CC(NC1CCC(C)(C)C1)c1ccc2c(c1)NC(=O)CO2. The van der Waals surface area contributed by atoms with Crippen LogP contribution in [0.1, 0.15) is 51.6 Å². The maximum absolute atomic E-state index is 11.4. The third kappa shape index (κ3) is 3.21. The van der Waals surface area contributed by atoms with Gasteiger partial charge in [-0.05, 0) is 49.3 Å². The molecule has 2 unspecified atom stereocenters. The smallest absolute Gasteiger partial charge is 0.262 e. The van der Waals surface area contributed by atoms with Crippen molar-refractivity contribution < 1.29 is 9.53 Å². The number of nitrogens with one attached hydrogen (secondary N) is 2. The molecule has 0 radical (unpaired) electrons. The predicted molar refractivity (Wildman–Crippen MR) is 83.5 cm³/mol. The molecule has 4 nitrogen and oxygen atoms in total. The third-order valence-corrected chi connectivity index (χ3v) is 4.59. The van der Waals surface area contributed by atoms with E-state index in [-0.39, 0.29) is 18.6 Å². The minimum atomic E-state index is -0.0854. The Morgan fingerprint density at radius 1 is 1.43 bits per heavy atom. The van der Waals surface area contributed by atoms with E-state index >= 15 is 0 Å². The first-order chi connectivity index (χ1) is 9.93. The van der Waals surface area contributed by atoms with Crippen molar-refractivity contribution in [2.75, 3.05) is 11.9 Å².